The summed E-state index contributed by atoms with van der Waals surface area (Å²) >= 11 is 6.46. The van der Waals surface area contributed by atoms with Crippen LogP contribution in [0.5, 0.6) is 0 Å². The van der Waals surface area contributed by atoms with Gasteiger partial charge in [-0.2, -0.15) is 9.97 Å². The van der Waals surface area contributed by atoms with Crippen LogP contribution in [-0.2, 0) is 55.2 Å². The van der Waals surface area contributed by atoms with Gasteiger partial charge in [0, 0.05) is 87.3 Å². The Balaban J connectivity index is 0.000000139. The van der Waals surface area contributed by atoms with Gasteiger partial charge in [-0.05, 0) is 123 Å². The number of rotatable bonds is 0. The van der Waals surface area contributed by atoms with Gasteiger partial charge in [0.25, 0.3) is 0 Å². The lowest BCUT2D eigenvalue weighted by molar-refractivity contribution is 0.551. The second-order valence-corrected chi connectivity index (χ2v) is 41.0. The molecule has 0 aromatic carbocycles. The summed E-state index contributed by atoms with van der Waals surface area (Å²) in [6.45, 7) is 58.2. The number of nitrogens with zero attached hydrogens (tertiary/aromatic N) is 18. The number of hydrogen-bond acceptors (Lipinski definition) is 26. The fraction of sp³-hybridized carbons (Fsp3) is 0.407. The Kier molecular flexibility index (Phi) is 27.4. The van der Waals surface area contributed by atoms with Crippen molar-refractivity contribution in [2.45, 2.75) is 242 Å². The van der Waals surface area contributed by atoms with Crippen LogP contribution in [0.4, 0.5) is 0 Å². The van der Waals surface area contributed by atoms with Crippen molar-refractivity contribution >= 4 is 138 Å². The monoisotopic (exact) mass is 1650 g/mol. The quantitative estimate of drug-likeness (QED) is 0.136. The van der Waals surface area contributed by atoms with Gasteiger partial charge in [-0.1, -0.05) is 193 Å². The molecule has 0 aliphatic heterocycles. The first kappa shape index (κ1) is 88.8. The maximum atomic E-state index is 5.18. The lowest BCUT2D eigenvalue weighted by Crippen LogP contribution is -2.15. The molecule has 17 aromatic heterocycles. The Bertz CT molecular complexity index is 5130. The zero-order valence-corrected chi connectivity index (χ0v) is 75.9. The third kappa shape index (κ3) is 24.5. The van der Waals surface area contributed by atoms with Crippen LogP contribution in [0.15, 0.2) is 175 Å². The van der Waals surface area contributed by atoms with E-state index < -0.39 is 0 Å². The molecule has 0 bridgehead atoms. The highest BCUT2D eigenvalue weighted by molar-refractivity contribution is 7.17. The molecule has 0 fully saturated rings. The Morgan fingerprint density at radius 2 is 0.726 bits per heavy atom. The van der Waals surface area contributed by atoms with Crippen LogP contribution in [0.1, 0.15) is 249 Å². The fourth-order valence-corrected chi connectivity index (χ4v) is 13.3. The Morgan fingerprint density at radius 1 is 0.274 bits per heavy atom. The van der Waals surface area contributed by atoms with Crippen LogP contribution in [0, 0.1) is 0 Å². The minimum atomic E-state index is 0.0565. The van der Waals surface area contributed by atoms with Crippen molar-refractivity contribution in [1.29, 1.82) is 0 Å². The Morgan fingerprint density at radius 3 is 1.35 bits per heavy atom. The van der Waals surface area contributed by atoms with Crippen LogP contribution in [0.3, 0.4) is 0 Å². The molecule has 0 amide bonds. The SMILES string of the molecule is CC(C)(C)c1ccc2ncoc2n1.CC(C)(C)c1ccc2ncsc2n1.CC(C)(C)c1ccc2ocnc2n1.CC(C)(C)c1ccc2scnc2n1.CC(C)(C)c1cnc2c(n1)C=CC2.CC(C)(C)c1cnc2ncoc2c1.CC(C)(C)c1cnc2ncsc2c1.CC(C)(C)c1cnc2ocnc2c1.CC(C)(C)c1cnc2scnc2c1. The first-order valence-corrected chi connectivity index (χ1v) is 42.3. The normalized spacial score (nSPS) is 12.5. The van der Waals surface area contributed by atoms with Crippen molar-refractivity contribution in [3.05, 3.63) is 220 Å². The van der Waals surface area contributed by atoms with Gasteiger partial charge < -0.3 is 17.7 Å². The zero-order chi connectivity index (χ0) is 85.3. The van der Waals surface area contributed by atoms with Gasteiger partial charge >= 0.3 is 0 Å². The lowest BCUT2D eigenvalue weighted by Gasteiger charge is -2.17. The third-order valence-corrected chi connectivity index (χ3v) is 21.3. The highest BCUT2D eigenvalue weighted by Gasteiger charge is 2.24. The van der Waals surface area contributed by atoms with E-state index in [1.165, 1.54) is 47.0 Å². The molecule has 612 valence electrons. The van der Waals surface area contributed by atoms with E-state index in [4.69, 9.17) is 17.7 Å². The van der Waals surface area contributed by atoms with Crippen molar-refractivity contribution in [2.24, 2.45) is 0 Å². The second-order valence-electron chi connectivity index (χ2n) is 37.5. The molecule has 0 saturated carbocycles. The summed E-state index contributed by atoms with van der Waals surface area (Å²) in [7, 11) is 0. The van der Waals surface area contributed by atoms with E-state index in [2.05, 4.69) is 319 Å². The number of fused-ring (bicyclic) bond motifs is 9. The van der Waals surface area contributed by atoms with Crippen molar-refractivity contribution in [2.75, 3.05) is 0 Å². The molecule has 17 heterocycles. The maximum Gasteiger partial charge on any atom is 0.246 e. The molecule has 18 rings (SSSR count). The van der Waals surface area contributed by atoms with Gasteiger partial charge in [-0.3, -0.25) is 4.98 Å². The number of oxazole rings is 4. The van der Waals surface area contributed by atoms with Crippen LogP contribution in [-0.4, -0.2) is 89.7 Å². The molecule has 0 unspecified atom stereocenters. The largest absolute Gasteiger partial charge is 0.442 e. The fourth-order valence-electron chi connectivity index (χ4n) is 10.7. The van der Waals surface area contributed by atoms with E-state index in [-0.39, 0.29) is 48.7 Å². The summed E-state index contributed by atoms with van der Waals surface area (Å²) in [4.78, 5) is 78.8. The molecule has 17 aromatic rings. The topological polar surface area (TPSA) is 285 Å². The molecule has 0 spiro atoms. The van der Waals surface area contributed by atoms with Crippen LogP contribution < -0.4 is 0 Å². The van der Waals surface area contributed by atoms with Gasteiger partial charge in [-0.15, -0.1) is 45.3 Å². The van der Waals surface area contributed by atoms with Crippen molar-refractivity contribution in [3.8, 4) is 0 Å². The van der Waals surface area contributed by atoms with E-state index in [0.29, 0.717) is 22.7 Å². The van der Waals surface area contributed by atoms with Gasteiger partial charge in [0.15, 0.2) is 59.3 Å². The smallest absolute Gasteiger partial charge is 0.246 e. The minimum Gasteiger partial charge on any atom is -0.442 e. The minimum absolute atomic E-state index is 0.0565. The summed E-state index contributed by atoms with van der Waals surface area (Å²) < 4.78 is 22.8. The number of thiazole rings is 4. The van der Waals surface area contributed by atoms with E-state index in [9.17, 15) is 0 Å². The first-order chi connectivity index (χ1) is 54.6. The predicted molar refractivity (Wildman–Crippen MR) is 480 cm³/mol. The Labute approximate surface area is 702 Å². The molecule has 0 saturated heterocycles. The van der Waals surface area contributed by atoms with Gasteiger partial charge in [0.2, 0.25) is 11.4 Å². The predicted octanol–water partition coefficient (Wildman–Crippen LogP) is 24.4. The number of hydrogen-bond donors (Lipinski definition) is 0. The number of aromatic nitrogens is 18. The van der Waals surface area contributed by atoms with Crippen LogP contribution in [0.2, 0.25) is 0 Å². The maximum absolute atomic E-state index is 5.18. The third-order valence-electron chi connectivity index (χ3n) is 18.3. The zero-order valence-electron chi connectivity index (χ0n) is 72.6. The molecular weight excluding hydrogens is 1540 g/mol. The van der Waals surface area contributed by atoms with Crippen molar-refractivity contribution < 1.29 is 17.7 Å². The standard InChI is InChI=1S/C11H14N2.4C10H12N2O.4C10H12N2S/c1-11(2,3)10-7-12-8-5-4-6-9(8)13-10;1-10(2,3)7-4-8-9(11-5-7)12-6-13-8;1-10(2,3)7-4-8-9(11-5-7)13-6-12-8;1-10(2,3)8-5-4-7-9(12-8)11-6-13-7;1-10(2,3)8-5-4-7-9(12-8)13-6-11-7;1-10(2,3)7-4-8-9(11-5-7)12-6-13-8;1-10(2,3)7-4-8-9(11-5-7)13-6-12-8;1-10(2,3)8-5-4-7-9(12-8)11-6-13-7;1-10(2,3)8-5-4-7-9(12-8)13-6-11-7/h4,6-7H,5H2,1-3H3;8*4-6H,1-3H3. The highest BCUT2D eigenvalue weighted by Crippen LogP contribution is 2.32. The van der Waals surface area contributed by atoms with Crippen molar-refractivity contribution in [1.82, 2.24) is 89.7 Å². The average Bonchev–Trinajstić information content (AvgIpc) is 1.81. The molecule has 0 radical (unpaired) electrons. The average molecular weight is 1650 g/mol. The first-order valence-electron chi connectivity index (χ1n) is 38.8. The van der Waals surface area contributed by atoms with E-state index in [1.807, 2.05) is 95.5 Å². The van der Waals surface area contributed by atoms with Crippen LogP contribution in [0.25, 0.3) is 92.4 Å². The molecule has 0 N–H and O–H groups in total. The Hall–Kier alpha value is -10.5. The number of allylic oxidation sites excluding steroid dienone is 1. The molecule has 26 heteroatoms. The van der Waals surface area contributed by atoms with E-state index in [0.717, 1.165) is 111 Å². The molecular formula is C91H110N18O4S4. The van der Waals surface area contributed by atoms with E-state index in [1.54, 1.807) is 45.3 Å². The lowest BCUT2D eigenvalue weighted by atomic mass is 9.88. The summed E-state index contributed by atoms with van der Waals surface area (Å²) in [5, 5.41) is 0. The van der Waals surface area contributed by atoms with Crippen LogP contribution >= 0.6 is 45.3 Å². The van der Waals surface area contributed by atoms with E-state index >= 15 is 0 Å². The summed E-state index contributed by atoms with van der Waals surface area (Å²) in [5.41, 5.74) is 30.2. The van der Waals surface area contributed by atoms with Gasteiger partial charge in [0.05, 0.1) is 54.0 Å². The van der Waals surface area contributed by atoms with Gasteiger partial charge in [0.1, 0.15) is 26.2 Å². The summed E-state index contributed by atoms with van der Waals surface area (Å²) in [6.07, 6.45) is 20.2. The summed E-state index contributed by atoms with van der Waals surface area (Å²) in [6, 6.07) is 24.4. The molecule has 1 aliphatic rings. The second kappa shape index (κ2) is 36.1. The summed E-state index contributed by atoms with van der Waals surface area (Å²) in [5.74, 6) is 0. The number of pyridine rings is 8. The highest BCUT2D eigenvalue weighted by atomic mass is 32.1. The molecule has 1 aliphatic carbocycles. The van der Waals surface area contributed by atoms with Gasteiger partial charge in [-0.25, -0.2) is 74.8 Å². The molecule has 22 nitrogen and oxygen atoms in total. The molecule has 0 atom stereocenters. The van der Waals surface area contributed by atoms with Crippen molar-refractivity contribution in [3.63, 3.8) is 0 Å². The molecule has 117 heavy (non-hydrogen) atoms.